The Morgan fingerprint density at radius 1 is 1.13 bits per heavy atom. The molecular weight excluding hydrogens is 196 g/mol. The molecule has 0 N–H and O–H groups in total. The Morgan fingerprint density at radius 3 is 2.13 bits per heavy atom. The van der Waals surface area contributed by atoms with E-state index in [0.29, 0.717) is 12.8 Å². The van der Waals surface area contributed by atoms with Gasteiger partial charge in [-0.2, -0.15) is 0 Å². The van der Waals surface area contributed by atoms with Crippen LogP contribution >= 0.6 is 0 Å². The zero-order chi connectivity index (χ0) is 11.8. The van der Waals surface area contributed by atoms with E-state index in [0.717, 1.165) is 6.42 Å². The lowest BCUT2D eigenvalue weighted by molar-refractivity contribution is -0.190. The minimum atomic E-state index is -0.737. The Kier molecular flexibility index (Phi) is 6.75. The number of hydrogen-bond acceptors (Lipinski definition) is 4. The van der Waals surface area contributed by atoms with Crippen molar-refractivity contribution in [1.82, 2.24) is 0 Å². The summed E-state index contributed by atoms with van der Waals surface area (Å²) in [5, 5.41) is 0. The molecule has 0 bridgehead atoms. The molecule has 88 valence electrons. The number of rotatable bonds is 6. The third-order valence-electron chi connectivity index (χ3n) is 1.77. The molecule has 0 aliphatic heterocycles. The van der Waals surface area contributed by atoms with E-state index >= 15 is 0 Å². The molecule has 1 atom stereocenters. The Bertz CT molecular complexity index is 211. The summed E-state index contributed by atoms with van der Waals surface area (Å²) in [4.78, 5) is 22.4. The third-order valence-corrected chi connectivity index (χ3v) is 1.77. The van der Waals surface area contributed by atoms with E-state index in [-0.39, 0.29) is 17.9 Å². The molecule has 0 saturated carbocycles. The molecule has 0 radical (unpaired) electrons. The van der Waals surface area contributed by atoms with Gasteiger partial charge in [-0.25, -0.2) is 0 Å². The molecule has 15 heavy (non-hydrogen) atoms. The largest absolute Gasteiger partial charge is 0.425 e. The third kappa shape index (κ3) is 6.10. The number of ether oxygens (including phenoxy) is 2. The summed E-state index contributed by atoms with van der Waals surface area (Å²) in [6.07, 6.45) is 0.829. The maximum absolute atomic E-state index is 11.2. The number of carbonyl (C=O) groups excluding carboxylic acids is 2. The van der Waals surface area contributed by atoms with E-state index < -0.39 is 6.29 Å². The Morgan fingerprint density at radius 2 is 1.73 bits per heavy atom. The molecule has 0 spiro atoms. The second-order valence-corrected chi connectivity index (χ2v) is 3.67. The fourth-order valence-corrected chi connectivity index (χ4v) is 0.866. The van der Waals surface area contributed by atoms with Gasteiger partial charge in [-0.3, -0.25) is 9.59 Å². The van der Waals surface area contributed by atoms with E-state index in [1.54, 1.807) is 20.8 Å². The molecule has 1 unspecified atom stereocenters. The molecule has 0 aliphatic rings. The van der Waals surface area contributed by atoms with Crippen molar-refractivity contribution in [3.63, 3.8) is 0 Å². The first kappa shape index (κ1) is 13.9. The molecule has 0 fully saturated rings. The van der Waals surface area contributed by atoms with Crippen molar-refractivity contribution in [1.29, 1.82) is 0 Å². The Hall–Kier alpha value is -1.06. The van der Waals surface area contributed by atoms with Crippen molar-refractivity contribution >= 4 is 11.9 Å². The zero-order valence-corrected chi connectivity index (χ0v) is 9.91. The van der Waals surface area contributed by atoms with Gasteiger partial charge in [-0.1, -0.05) is 27.7 Å². The van der Waals surface area contributed by atoms with Crippen LogP contribution in [0, 0.1) is 5.92 Å². The standard InChI is InChI=1S/C11H20O4/c1-5-7-9(12)14-10(6-2)15-11(13)8(3)4/h8,10H,5-7H2,1-4H3. The van der Waals surface area contributed by atoms with Crippen LogP contribution in [0.3, 0.4) is 0 Å². The van der Waals surface area contributed by atoms with E-state index in [1.807, 2.05) is 6.92 Å². The normalized spacial score (nSPS) is 12.3. The fraction of sp³-hybridized carbons (Fsp3) is 0.818. The summed E-state index contributed by atoms with van der Waals surface area (Å²) in [5.41, 5.74) is 0. The van der Waals surface area contributed by atoms with Crippen LogP contribution in [-0.4, -0.2) is 18.2 Å². The van der Waals surface area contributed by atoms with E-state index in [4.69, 9.17) is 9.47 Å². The van der Waals surface area contributed by atoms with Crippen molar-refractivity contribution in [2.75, 3.05) is 0 Å². The molecule has 0 aromatic heterocycles. The Labute approximate surface area is 90.9 Å². The predicted molar refractivity (Wildman–Crippen MR) is 56.0 cm³/mol. The number of hydrogen-bond donors (Lipinski definition) is 0. The van der Waals surface area contributed by atoms with Gasteiger partial charge >= 0.3 is 11.9 Å². The SMILES string of the molecule is CCCC(=O)OC(CC)OC(=O)C(C)C. The lowest BCUT2D eigenvalue weighted by atomic mass is 10.2. The van der Waals surface area contributed by atoms with E-state index in [9.17, 15) is 9.59 Å². The van der Waals surface area contributed by atoms with Gasteiger partial charge in [-0.15, -0.1) is 0 Å². The van der Waals surface area contributed by atoms with Crippen LogP contribution in [0.25, 0.3) is 0 Å². The number of esters is 2. The van der Waals surface area contributed by atoms with Gasteiger partial charge in [-0.05, 0) is 6.42 Å². The smallest absolute Gasteiger partial charge is 0.311 e. The topological polar surface area (TPSA) is 52.6 Å². The molecule has 0 saturated heterocycles. The van der Waals surface area contributed by atoms with Gasteiger partial charge < -0.3 is 9.47 Å². The molecule has 0 aromatic carbocycles. The van der Waals surface area contributed by atoms with Gasteiger partial charge in [0.25, 0.3) is 0 Å². The predicted octanol–water partition coefficient (Wildman–Crippen LogP) is 2.27. The minimum absolute atomic E-state index is 0.205. The summed E-state index contributed by atoms with van der Waals surface area (Å²) in [6, 6.07) is 0. The molecule has 0 rings (SSSR count). The van der Waals surface area contributed by atoms with Crippen LogP contribution in [0.2, 0.25) is 0 Å². The lowest BCUT2D eigenvalue weighted by Gasteiger charge is -2.17. The molecule has 0 aromatic rings. The highest BCUT2D eigenvalue weighted by molar-refractivity contribution is 5.72. The second kappa shape index (κ2) is 7.26. The maximum Gasteiger partial charge on any atom is 0.311 e. The van der Waals surface area contributed by atoms with Crippen molar-refractivity contribution in [3.05, 3.63) is 0 Å². The summed E-state index contributed by atoms with van der Waals surface area (Å²) in [5.74, 6) is -0.865. The van der Waals surface area contributed by atoms with Crippen LogP contribution in [0.4, 0.5) is 0 Å². The maximum atomic E-state index is 11.2. The highest BCUT2D eigenvalue weighted by Crippen LogP contribution is 2.07. The first-order valence-corrected chi connectivity index (χ1v) is 5.41. The summed E-state index contributed by atoms with van der Waals surface area (Å²) < 4.78 is 9.97. The molecular formula is C11H20O4. The van der Waals surface area contributed by atoms with Crippen LogP contribution < -0.4 is 0 Å². The van der Waals surface area contributed by atoms with Crippen molar-refractivity contribution in [2.24, 2.45) is 5.92 Å². The van der Waals surface area contributed by atoms with Gasteiger partial charge in [0.1, 0.15) is 0 Å². The van der Waals surface area contributed by atoms with Crippen LogP contribution in [0.1, 0.15) is 47.0 Å². The van der Waals surface area contributed by atoms with E-state index in [1.165, 1.54) is 0 Å². The van der Waals surface area contributed by atoms with E-state index in [2.05, 4.69) is 0 Å². The van der Waals surface area contributed by atoms with Gasteiger partial charge in [0.2, 0.25) is 6.29 Å². The molecule has 0 heterocycles. The quantitative estimate of drug-likeness (QED) is 0.505. The van der Waals surface area contributed by atoms with Crippen molar-refractivity contribution < 1.29 is 19.1 Å². The molecule has 4 nitrogen and oxygen atoms in total. The van der Waals surface area contributed by atoms with Crippen molar-refractivity contribution in [2.45, 2.75) is 53.2 Å². The van der Waals surface area contributed by atoms with Crippen molar-refractivity contribution in [3.8, 4) is 0 Å². The van der Waals surface area contributed by atoms with Gasteiger partial charge in [0, 0.05) is 12.8 Å². The summed E-state index contributed by atoms with van der Waals surface area (Å²) in [6.45, 7) is 7.17. The van der Waals surface area contributed by atoms with Crippen LogP contribution in [-0.2, 0) is 19.1 Å². The highest BCUT2D eigenvalue weighted by Gasteiger charge is 2.18. The highest BCUT2D eigenvalue weighted by atomic mass is 16.7. The number of carbonyl (C=O) groups is 2. The minimum Gasteiger partial charge on any atom is -0.425 e. The summed E-state index contributed by atoms with van der Waals surface area (Å²) in [7, 11) is 0. The van der Waals surface area contributed by atoms with Gasteiger partial charge in [0.15, 0.2) is 0 Å². The molecule has 0 aliphatic carbocycles. The first-order valence-electron chi connectivity index (χ1n) is 5.41. The first-order chi connectivity index (χ1) is 7.01. The van der Waals surface area contributed by atoms with Crippen LogP contribution in [0.5, 0.6) is 0 Å². The second-order valence-electron chi connectivity index (χ2n) is 3.67. The average molecular weight is 216 g/mol. The molecule has 4 heteroatoms. The lowest BCUT2D eigenvalue weighted by Crippen LogP contribution is -2.26. The average Bonchev–Trinajstić information content (AvgIpc) is 2.16. The Balaban J connectivity index is 4.03. The monoisotopic (exact) mass is 216 g/mol. The van der Waals surface area contributed by atoms with Crippen LogP contribution in [0.15, 0.2) is 0 Å². The summed E-state index contributed by atoms with van der Waals surface area (Å²) >= 11 is 0. The fourth-order valence-electron chi connectivity index (χ4n) is 0.866. The van der Waals surface area contributed by atoms with Gasteiger partial charge in [0.05, 0.1) is 5.92 Å². The molecule has 0 amide bonds. The zero-order valence-electron chi connectivity index (χ0n) is 9.91.